The first kappa shape index (κ1) is 20.8. The summed E-state index contributed by atoms with van der Waals surface area (Å²) in [5, 5.41) is 3.64. The molecule has 0 radical (unpaired) electrons. The van der Waals surface area contributed by atoms with Gasteiger partial charge in [-0.3, -0.25) is 0 Å². The maximum atomic E-state index is 13.9. The molecule has 0 saturated carbocycles. The van der Waals surface area contributed by atoms with Crippen molar-refractivity contribution in [2.75, 3.05) is 44.3 Å². The van der Waals surface area contributed by atoms with Crippen molar-refractivity contribution in [3.63, 3.8) is 0 Å². The van der Waals surface area contributed by atoms with Crippen molar-refractivity contribution in [3.8, 4) is 11.3 Å². The number of nitrogens with two attached hydrogens (primary N) is 1. The van der Waals surface area contributed by atoms with E-state index in [1.165, 1.54) is 6.20 Å². The lowest BCUT2D eigenvalue weighted by molar-refractivity contribution is -0.251. The summed E-state index contributed by atoms with van der Waals surface area (Å²) >= 11 is 0. The van der Waals surface area contributed by atoms with E-state index in [2.05, 4.69) is 30.2 Å². The van der Waals surface area contributed by atoms with Gasteiger partial charge in [-0.05, 0) is 12.1 Å². The lowest BCUT2D eigenvalue weighted by Gasteiger charge is -2.57. The molecule has 3 aliphatic rings. The molecule has 33 heavy (non-hydrogen) atoms. The number of aromatic amines is 1. The Hall–Kier alpha value is -2.80. The lowest BCUT2D eigenvalue weighted by Crippen LogP contribution is -2.78. The predicted molar refractivity (Wildman–Crippen MR) is 113 cm³/mol. The standard InChI is InChI=1S/C21H22F3N7O2/c22-21(23,24)13-8-28-19(16-17(25)20(33-16)9-26-10-20)30-15(13)12-7-27-18-11(12)1-2-14(29-18)31-3-5-32-6-4-31/h1-2,7-8,16-17,26H,3-6,9-10,25H2,(H,27,29). The summed E-state index contributed by atoms with van der Waals surface area (Å²) < 4.78 is 52.8. The van der Waals surface area contributed by atoms with E-state index in [1.807, 2.05) is 0 Å². The zero-order valence-corrected chi connectivity index (χ0v) is 17.5. The summed E-state index contributed by atoms with van der Waals surface area (Å²) in [6.45, 7) is 3.85. The van der Waals surface area contributed by atoms with Gasteiger partial charge in [0.05, 0.1) is 24.9 Å². The number of morpholine rings is 1. The number of ether oxygens (including phenoxy) is 2. The van der Waals surface area contributed by atoms with E-state index in [9.17, 15) is 13.2 Å². The van der Waals surface area contributed by atoms with Crippen LogP contribution in [0, 0.1) is 0 Å². The first-order valence-corrected chi connectivity index (χ1v) is 10.8. The summed E-state index contributed by atoms with van der Waals surface area (Å²) in [7, 11) is 0. The smallest absolute Gasteiger partial charge is 0.378 e. The first-order valence-electron chi connectivity index (χ1n) is 10.8. The van der Waals surface area contributed by atoms with Crippen LogP contribution in [0.15, 0.2) is 24.5 Å². The highest BCUT2D eigenvalue weighted by atomic mass is 19.4. The average Bonchev–Trinajstić information content (AvgIpc) is 3.20. The van der Waals surface area contributed by atoms with Gasteiger partial charge in [-0.25, -0.2) is 15.0 Å². The number of nitrogens with zero attached hydrogens (tertiary/aromatic N) is 4. The number of anilines is 1. The molecule has 3 saturated heterocycles. The molecule has 0 aromatic carbocycles. The second-order valence-electron chi connectivity index (χ2n) is 8.59. The lowest BCUT2D eigenvalue weighted by atomic mass is 9.78. The summed E-state index contributed by atoms with van der Waals surface area (Å²) in [6, 6.07) is 3.18. The molecule has 0 aliphatic carbocycles. The molecule has 4 N–H and O–H groups in total. The molecule has 12 heteroatoms. The number of alkyl halides is 3. The van der Waals surface area contributed by atoms with Crippen LogP contribution < -0.4 is 16.0 Å². The molecule has 3 aromatic rings. The Morgan fingerprint density at radius 3 is 2.61 bits per heavy atom. The van der Waals surface area contributed by atoms with Crippen LogP contribution in [-0.4, -0.2) is 71.0 Å². The third-order valence-corrected chi connectivity index (χ3v) is 6.63. The normalized spacial score (nSPS) is 24.7. The molecule has 9 nitrogen and oxygen atoms in total. The summed E-state index contributed by atoms with van der Waals surface area (Å²) in [6.07, 6.45) is -2.96. The summed E-state index contributed by atoms with van der Waals surface area (Å²) in [5.74, 6) is 0.891. The number of rotatable bonds is 3. The highest BCUT2D eigenvalue weighted by Crippen LogP contribution is 2.45. The van der Waals surface area contributed by atoms with Crippen LogP contribution in [0.25, 0.3) is 22.3 Å². The quantitative estimate of drug-likeness (QED) is 0.539. The third-order valence-electron chi connectivity index (χ3n) is 6.63. The molecule has 0 amide bonds. The van der Waals surface area contributed by atoms with Crippen LogP contribution in [-0.2, 0) is 15.7 Å². The fourth-order valence-electron chi connectivity index (χ4n) is 4.62. The predicted octanol–water partition coefficient (Wildman–Crippen LogP) is 1.62. The number of nitrogens with one attached hydrogen (secondary N) is 2. The highest BCUT2D eigenvalue weighted by molar-refractivity contribution is 5.94. The number of pyridine rings is 1. The molecule has 1 spiro atoms. The van der Waals surface area contributed by atoms with Crippen molar-refractivity contribution < 1.29 is 22.6 Å². The molecule has 2 atom stereocenters. The van der Waals surface area contributed by atoms with E-state index in [-0.39, 0.29) is 17.6 Å². The molecule has 3 aromatic heterocycles. The van der Waals surface area contributed by atoms with Crippen LogP contribution >= 0.6 is 0 Å². The molecule has 6 heterocycles. The van der Waals surface area contributed by atoms with E-state index in [0.29, 0.717) is 56.0 Å². The fourth-order valence-corrected chi connectivity index (χ4v) is 4.62. The van der Waals surface area contributed by atoms with Crippen LogP contribution in [0.5, 0.6) is 0 Å². The Balaban J connectivity index is 1.39. The van der Waals surface area contributed by atoms with E-state index >= 15 is 0 Å². The minimum absolute atomic E-state index is 0.148. The number of hydrogen-bond acceptors (Lipinski definition) is 8. The van der Waals surface area contributed by atoms with Crippen LogP contribution in [0.3, 0.4) is 0 Å². The van der Waals surface area contributed by atoms with Gasteiger partial charge in [0.15, 0.2) is 5.82 Å². The second-order valence-corrected chi connectivity index (χ2v) is 8.59. The molecule has 174 valence electrons. The first-order chi connectivity index (χ1) is 15.9. The van der Waals surface area contributed by atoms with Crippen molar-refractivity contribution in [3.05, 3.63) is 35.9 Å². The van der Waals surface area contributed by atoms with Crippen LogP contribution in [0.1, 0.15) is 17.5 Å². The number of hydrogen-bond donors (Lipinski definition) is 3. The van der Waals surface area contributed by atoms with Gasteiger partial charge in [0.1, 0.15) is 28.7 Å². The third kappa shape index (κ3) is 3.28. The molecule has 6 rings (SSSR count). The largest absolute Gasteiger partial charge is 0.419 e. The SMILES string of the molecule is NC1C(c2ncc(C(F)(F)F)c(-c3c[nH]c4nc(N5CCOCC5)ccc34)n2)OC12CNC2. The van der Waals surface area contributed by atoms with Gasteiger partial charge in [-0.1, -0.05) is 0 Å². The van der Waals surface area contributed by atoms with E-state index < -0.39 is 23.4 Å². The zero-order valence-electron chi connectivity index (χ0n) is 17.5. The molecule has 0 bridgehead atoms. The van der Waals surface area contributed by atoms with Crippen molar-refractivity contribution in [1.29, 1.82) is 0 Å². The summed E-state index contributed by atoms with van der Waals surface area (Å²) in [4.78, 5) is 18.0. The van der Waals surface area contributed by atoms with Gasteiger partial charge in [0.2, 0.25) is 0 Å². The average molecular weight is 461 g/mol. The number of fused-ring (bicyclic) bond motifs is 1. The minimum Gasteiger partial charge on any atom is -0.378 e. The molecule has 3 fully saturated rings. The van der Waals surface area contributed by atoms with Crippen molar-refractivity contribution in [1.82, 2.24) is 25.3 Å². The van der Waals surface area contributed by atoms with Gasteiger partial charge in [0, 0.05) is 49.5 Å². The Morgan fingerprint density at radius 2 is 1.94 bits per heavy atom. The van der Waals surface area contributed by atoms with Crippen molar-refractivity contribution in [2.24, 2.45) is 5.73 Å². The van der Waals surface area contributed by atoms with Crippen molar-refractivity contribution >= 4 is 16.9 Å². The Kier molecular flexibility index (Phi) is 4.63. The fraction of sp³-hybridized carbons (Fsp3) is 0.476. The van der Waals surface area contributed by atoms with E-state index in [4.69, 9.17) is 15.2 Å². The van der Waals surface area contributed by atoms with Gasteiger partial charge < -0.3 is 30.4 Å². The van der Waals surface area contributed by atoms with Gasteiger partial charge in [-0.15, -0.1) is 0 Å². The van der Waals surface area contributed by atoms with E-state index in [1.54, 1.807) is 12.1 Å². The maximum Gasteiger partial charge on any atom is 0.419 e. The number of H-pyrrole nitrogens is 1. The second kappa shape index (κ2) is 7.35. The molecule has 2 unspecified atom stereocenters. The van der Waals surface area contributed by atoms with Crippen LogP contribution in [0.2, 0.25) is 0 Å². The summed E-state index contributed by atoms with van der Waals surface area (Å²) in [5.41, 5.74) is 5.44. The van der Waals surface area contributed by atoms with Gasteiger partial charge in [-0.2, -0.15) is 13.2 Å². The number of aromatic nitrogens is 4. The molecular formula is C21H22F3N7O2. The van der Waals surface area contributed by atoms with Crippen LogP contribution in [0.4, 0.5) is 19.0 Å². The Bertz CT molecular complexity index is 1200. The van der Waals surface area contributed by atoms with Gasteiger partial charge >= 0.3 is 6.18 Å². The topological polar surface area (TPSA) is 114 Å². The van der Waals surface area contributed by atoms with E-state index in [0.717, 1.165) is 12.0 Å². The Morgan fingerprint density at radius 1 is 1.15 bits per heavy atom. The minimum atomic E-state index is -4.62. The molecule has 3 aliphatic heterocycles. The number of halogens is 3. The molecular weight excluding hydrogens is 439 g/mol. The maximum absolute atomic E-state index is 13.9. The van der Waals surface area contributed by atoms with Crippen molar-refractivity contribution in [2.45, 2.75) is 23.9 Å². The zero-order chi connectivity index (χ0) is 22.8. The monoisotopic (exact) mass is 461 g/mol. The highest BCUT2D eigenvalue weighted by Gasteiger charge is 2.59. The van der Waals surface area contributed by atoms with Gasteiger partial charge in [0.25, 0.3) is 0 Å². The Labute approximate surface area is 186 Å².